The van der Waals surface area contributed by atoms with Crippen LogP contribution >= 0.6 is 0 Å². The lowest BCUT2D eigenvalue weighted by molar-refractivity contribution is 0.126. The number of halogens is 1. The number of nitrogens with zero attached hydrogens (tertiary/aromatic N) is 3. The summed E-state index contributed by atoms with van der Waals surface area (Å²) in [6.07, 6.45) is 7.45. The summed E-state index contributed by atoms with van der Waals surface area (Å²) in [5, 5.41) is 16.5. The van der Waals surface area contributed by atoms with E-state index in [1.807, 2.05) is 0 Å². The van der Waals surface area contributed by atoms with Gasteiger partial charge < -0.3 is 15.7 Å². The summed E-state index contributed by atoms with van der Waals surface area (Å²) in [6.45, 7) is 0.961. The Morgan fingerprint density at radius 1 is 1.06 bits per heavy atom. The lowest BCUT2D eigenvalue weighted by Crippen LogP contribution is -2.37. The Balaban J connectivity index is 1.55. The number of hydrogen-bond acceptors (Lipinski definition) is 7. The van der Waals surface area contributed by atoms with Crippen LogP contribution in [0.5, 0.6) is 0 Å². The highest BCUT2D eigenvalue weighted by Crippen LogP contribution is 2.34. The van der Waals surface area contributed by atoms with E-state index in [9.17, 15) is 17.9 Å². The van der Waals surface area contributed by atoms with Crippen LogP contribution in [-0.2, 0) is 10.0 Å². The summed E-state index contributed by atoms with van der Waals surface area (Å²) in [7, 11) is -3.19. The standard InChI is InChI=1S/C22H30FN5O3S/c1-32(30,31)28-12-10-15(11-13-28)20-14-24-22(26-18-4-2-16(23)3-5-18)27-21(20)25-17-6-8-19(29)9-7-17/h2-5,14-15,17,19,29H,6-13H2,1H3,(H2,24,25,26,27). The van der Waals surface area contributed by atoms with E-state index in [0.29, 0.717) is 37.6 Å². The maximum absolute atomic E-state index is 13.2. The molecule has 1 saturated carbocycles. The van der Waals surface area contributed by atoms with E-state index >= 15 is 0 Å². The molecule has 174 valence electrons. The van der Waals surface area contributed by atoms with Crippen molar-refractivity contribution < 1.29 is 17.9 Å². The molecule has 0 amide bonds. The van der Waals surface area contributed by atoms with Gasteiger partial charge in [-0.3, -0.25) is 0 Å². The number of benzene rings is 1. The second kappa shape index (κ2) is 9.68. The highest BCUT2D eigenvalue weighted by Gasteiger charge is 2.29. The summed E-state index contributed by atoms with van der Waals surface area (Å²) < 4.78 is 38.5. The predicted molar refractivity (Wildman–Crippen MR) is 122 cm³/mol. The first-order valence-electron chi connectivity index (χ1n) is 11.1. The molecule has 0 spiro atoms. The van der Waals surface area contributed by atoms with Gasteiger partial charge in [0, 0.05) is 36.6 Å². The molecule has 2 heterocycles. The smallest absolute Gasteiger partial charge is 0.229 e. The van der Waals surface area contributed by atoms with E-state index < -0.39 is 10.0 Å². The van der Waals surface area contributed by atoms with Crippen LogP contribution < -0.4 is 10.6 Å². The molecule has 1 aromatic heterocycles. The van der Waals surface area contributed by atoms with Crippen LogP contribution in [0.15, 0.2) is 30.5 Å². The Morgan fingerprint density at radius 2 is 1.72 bits per heavy atom. The number of anilines is 3. The van der Waals surface area contributed by atoms with Crippen molar-refractivity contribution in [1.29, 1.82) is 0 Å². The molecule has 4 rings (SSSR count). The van der Waals surface area contributed by atoms with Crippen LogP contribution in [-0.4, -0.2) is 59.3 Å². The van der Waals surface area contributed by atoms with Gasteiger partial charge in [-0.25, -0.2) is 22.1 Å². The van der Waals surface area contributed by atoms with E-state index in [-0.39, 0.29) is 23.9 Å². The second-order valence-electron chi connectivity index (χ2n) is 8.72. The molecule has 1 aliphatic carbocycles. The van der Waals surface area contributed by atoms with Crippen molar-refractivity contribution in [3.63, 3.8) is 0 Å². The molecule has 1 aliphatic heterocycles. The van der Waals surface area contributed by atoms with Crippen molar-refractivity contribution in [2.45, 2.75) is 56.6 Å². The Morgan fingerprint density at radius 3 is 2.34 bits per heavy atom. The molecule has 2 aliphatic rings. The quantitative estimate of drug-likeness (QED) is 0.604. The fourth-order valence-electron chi connectivity index (χ4n) is 4.44. The second-order valence-corrected chi connectivity index (χ2v) is 10.7. The lowest BCUT2D eigenvalue weighted by Gasteiger charge is -2.32. The molecule has 2 aromatic rings. The van der Waals surface area contributed by atoms with Crippen molar-refractivity contribution in [3.05, 3.63) is 41.8 Å². The molecule has 0 atom stereocenters. The third-order valence-corrected chi connectivity index (χ3v) is 7.62. The van der Waals surface area contributed by atoms with E-state index in [4.69, 9.17) is 4.98 Å². The Hall–Kier alpha value is -2.30. The molecule has 8 nitrogen and oxygen atoms in total. The minimum atomic E-state index is -3.19. The van der Waals surface area contributed by atoms with Gasteiger partial charge in [0.1, 0.15) is 11.6 Å². The predicted octanol–water partition coefficient (Wildman–Crippen LogP) is 3.21. The summed E-state index contributed by atoms with van der Waals surface area (Å²) in [6, 6.07) is 6.21. The zero-order valence-corrected chi connectivity index (χ0v) is 19.0. The van der Waals surface area contributed by atoms with E-state index in [1.54, 1.807) is 18.3 Å². The maximum Gasteiger partial charge on any atom is 0.229 e. The highest BCUT2D eigenvalue weighted by molar-refractivity contribution is 7.88. The first kappa shape index (κ1) is 22.9. The van der Waals surface area contributed by atoms with Gasteiger partial charge in [-0.15, -0.1) is 0 Å². The number of sulfonamides is 1. The van der Waals surface area contributed by atoms with Gasteiger partial charge in [0.15, 0.2) is 0 Å². The third kappa shape index (κ3) is 5.73. The number of rotatable bonds is 6. The van der Waals surface area contributed by atoms with Crippen molar-refractivity contribution in [1.82, 2.24) is 14.3 Å². The number of aliphatic hydroxyl groups is 1. The van der Waals surface area contributed by atoms with Gasteiger partial charge in [-0.05, 0) is 68.7 Å². The molecule has 1 saturated heterocycles. The summed E-state index contributed by atoms with van der Waals surface area (Å²) in [4.78, 5) is 9.20. The molecular formula is C22H30FN5O3S. The van der Waals surface area contributed by atoms with Crippen LogP contribution in [0, 0.1) is 5.82 Å². The molecule has 1 aromatic carbocycles. The monoisotopic (exact) mass is 463 g/mol. The molecule has 0 unspecified atom stereocenters. The summed E-state index contributed by atoms with van der Waals surface area (Å²) >= 11 is 0. The van der Waals surface area contributed by atoms with Gasteiger partial charge in [-0.1, -0.05) is 0 Å². The lowest BCUT2D eigenvalue weighted by atomic mass is 9.90. The zero-order valence-electron chi connectivity index (χ0n) is 18.2. The molecular weight excluding hydrogens is 433 g/mol. The maximum atomic E-state index is 13.2. The topological polar surface area (TPSA) is 107 Å². The van der Waals surface area contributed by atoms with E-state index in [0.717, 1.165) is 37.1 Å². The SMILES string of the molecule is CS(=O)(=O)N1CCC(c2cnc(Nc3ccc(F)cc3)nc2NC2CCC(O)CC2)CC1. The molecule has 2 fully saturated rings. The van der Waals surface area contributed by atoms with E-state index in [1.165, 1.54) is 22.7 Å². The number of piperidine rings is 1. The number of hydrogen-bond donors (Lipinski definition) is 3. The average molecular weight is 464 g/mol. The van der Waals surface area contributed by atoms with Crippen molar-refractivity contribution in [2.24, 2.45) is 0 Å². The first-order valence-corrected chi connectivity index (χ1v) is 12.9. The van der Waals surface area contributed by atoms with Gasteiger partial charge in [-0.2, -0.15) is 4.98 Å². The third-order valence-electron chi connectivity index (χ3n) is 6.32. The largest absolute Gasteiger partial charge is 0.393 e. The number of nitrogens with one attached hydrogen (secondary N) is 2. The minimum Gasteiger partial charge on any atom is -0.393 e. The normalized spacial score (nSPS) is 23.1. The summed E-state index contributed by atoms with van der Waals surface area (Å²) in [5.41, 5.74) is 1.67. The zero-order chi connectivity index (χ0) is 22.7. The molecule has 10 heteroatoms. The van der Waals surface area contributed by atoms with Gasteiger partial charge in [0.25, 0.3) is 0 Å². The van der Waals surface area contributed by atoms with Crippen LogP contribution in [0.2, 0.25) is 0 Å². The molecule has 3 N–H and O–H groups in total. The van der Waals surface area contributed by atoms with Gasteiger partial charge in [0.05, 0.1) is 12.4 Å². The van der Waals surface area contributed by atoms with Crippen LogP contribution in [0.25, 0.3) is 0 Å². The molecule has 0 bridgehead atoms. The van der Waals surface area contributed by atoms with Crippen molar-refractivity contribution in [3.8, 4) is 0 Å². The van der Waals surface area contributed by atoms with Crippen molar-refractivity contribution in [2.75, 3.05) is 30.0 Å². The van der Waals surface area contributed by atoms with Gasteiger partial charge >= 0.3 is 0 Å². The Labute approximate surface area is 188 Å². The summed E-state index contributed by atoms with van der Waals surface area (Å²) in [5.74, 6) is 0.995. The molecule has 0 radical (unpaired) electrons. The molecule has 32 heavy (non-hydrogen) atoms. The Bertz CT molecular complexity index is 1020. The number of aliphatic hydroxyl groups excluding tert-OH is 1. The fourth-order valence-corrected chi connectivity index (χ4v) is 5.31. The highest BCUT2D eigenvalue weighted by atomic mass is 32.2. The minimum absolute atomic E-state index is 0.157. The average Bonchev–Trinajstić information content (AvgIpc) is 2.77. The van der Waals surface area contributed by atoms with Crippen LogP contribution in [0.3, 0.4) is 0 Å². The van der Waals surface area contributed by atoms with Gasteiger partial charge in [0.2, 0.25) is 16.0 Å². The van der Waals surface area contributed by atoms with Crippen LogP contribution in [0.4, 0.5) is 21.8 Å². The first-order chi connectivity index (χ1) is 15.3. The van der Waals surface area contributed by atoms with Crippen LogP contribution in [0.1, 0.15) is 50.0 Å². The number of aromatic nitrogens is 2. The van der Waals surface area contributed by atoms with Crippen molar-refractivity contribution >= 4 is 27.5 Å². The fraction of sp³-hybridized carbons (Fsp3) is 0.545. The van der Waals surface area contributed by atoms with E-state index in [2.05, 4.69) is 15.6 Å². The Kier molecular flexibility index (Phi) is 6.92.